The lowest BCUT2D eigenvalue weighted by molar-refractivity contribution is -0.0155. The summed E-state index contributed by atoms with van der Waals surface area (Å²) >= 11 is 0. The highest BCUT2D eigenvalue weighted by Gasteiger charge is 2.32. The third-order valence-corrected chi connectivity index (χ3v) is 4.15. The van der Waals surface area contributed by atoms with E-state index >= 15 is 0 Å². The van der Waals surface area contributed by atoms with Crippen molar-refractivity contribution in [1.29, 1.82) is 0 Å². The number of benzene rings is 2. The molecule has 0 amide bonds. The van der Waals surface area contributed by atoms with Gasteiger partial charge in [0.05, 0.1) is 24.4 Å². The van der Waals surface area contributed by atoms with Gasteiger partial charge in [-0.1, -0.05) is 48.5 Å². The smallest absolute Gasteiger partial charge is 0.197 e. The summed E-state index contributed by atoms with van der Waals surface area (Å²) < 4.78 is 5.56. The minimum absolute atomic E-state index is 0.145. The van der Waals surface area contributed by atoms with Crippen molar-refractivity contribution in [2.45, 2.75) is 19.4 Å². The molecule has 0 unspecified atom stereocenters. The third-order valence-electron chi connectivity index (χ3n) is 4.15. The number of para-hydroxylation sites is 1. The summed E-state index contributed by atoms with van der Waals surface area (Å²) in [5.74, 6) is 0.543. The number of guanidine groups is 1. The Bertz CT molecular complexity index is 695. The number of morpholine rings is 1. The fourth-order valence-corrected chi connectivity index (χ4v) is 2.90. The molecule has 1 aliphatic rings. The Balaban J connectivity index is 1.96. The zero-order valence-electron chi connectivity index (χ0n) is 13.7. The molecule has 0 spiro atoms. The van der Waals surface area contributed by atoms with Crippen LogP contribution in [0.4, 0.5) is 5.69 Å². The van der Waals surface area contributed by atoms with E-state index in [4.69, 9.17) is 15.5 Å². The lowest BCUT2D eigenvalue weighted by Crippen LogP contribution is -2.57. The molecular formula is C19H23N3O. The number of rotatable bonds is 2. The first kappa shape index (κ1) is 15.6. The Labute approximate surface area is 137 Å². The van der Waals surface area contributed by atoms with Crippen LogP contribution >= 0.6 is 0 Å². The van der Waals surface area contributed by atoms with E-state index in [0.717, 1.165) is 23.4 Å². The summed E-state index contributed by atoms with van der Waals surface area (Å²) in [5.41, 5.74) is 9.29. The van der Waals surface area contributed by atoms with E-state index in [1.165, 1.54) is 0 Å². The fourth-order valence-electron chi connectivity index (χ4n) is 2.90. The lowest BCUT2D eigenvalue weighted by atomic mass is 10.0. The maximum Gasteiger partial charge on any atom is 0.197 e. The molecule has 0 atom stereocenters. The van der Waals surface area contributed by atoms with Gasteiger partial charge in [-0.25, -0.2) is 4.99 Å². The topological polar surface area (TPSA) is 50.9 Å². The van der Waals surface area contributed by atoms with Crippen LogP contribution < -0.4 is 5.73 Å². The highest BCUT2D eigenvalue weighted by atomic mass is 16.5. The van der Waals surface area contributed by atoms with Crippen molar-refractivity contribution in [2.75, 3.05) is 19.8 Å². The Morgan fingerprint density at radius 3 is 2.52 bits per heavy atom. The van der Waals surface area contributed by atoms with Crippen LogP contribution in [0.1, 0.15) is 13.8 Å². The van der Waals surface area contributed by atoms with Crippen LogP contribution in [-0.2, 0) is 4.74 Å². The number of hydrogen-bond acceptors (Lipinski definition) is 2. The Morgan fingerprint density at radius 2 is 1.78 bits per heavy atom. The van der Waals surface area contributed by atoms with Crippen molar-refractivity contribution < 1.29 is 4.74 Å². The Morgan fingerprint density at radius 1 is 1.09 bits per heavy atom. The van der Waals surface area contributed by atoms with Crippen molar-refractivity contribution in [2.24, 2.45) is 10.7 Å². The molecule has 1 heterocycles. The molecule has 0 bridgehead atoms. The van der Waals surface area contributed by atoms with Gasteiger partial charge in [-0.3, -0.25) is 0 Å². The molecule has 1 aliphatic heterocycles. The van der Waals surface area contributed by atoms with Gasteiger partial charge in [0, 0.05) is 12.1 Å². The van der Waals surface area contributed by atoms with E-state index in [1.807, 2.05) is 36.4 Å². The molecule has 3 rings (SSSR count). The molecule has 4 heteroatoms. The maximum atomic E-state index is 6.32. The summed E-state index contributed by atoms with van der Waals surface area (Å²) in [6.45, 7) is 6.34. The van der Waals surface area contributed by atoms with Crippen molar-refractivity contribution in [3.8, 4) is 11.1 Å². The standard InChI is InChI=1S/C19H23N3O/c1-19(2)14-23-13-12-22(19)18(20)21-17-11-7-6-10-16(17)15-8-4-3-5-9-15/h3-11H,12-14H2,1-2H3,(H2,20,21). The summed E-state index contributed by atoms with van der Waals surface area (Å²) in [7, 11) is 0. The zero-order valence-corrected chi connectivity index (χ0v) is 13.7. The Kier molecular flexibility index (Phi) is 4.35. The quantitative estimate of drug-likeness (QED) is 0.683. The van der Waals surface area contributed by atoms with Crippen molar-refractivity contribution in [1.82, 2.24) is 4.90 Å². The van der Waals surface area contributed by atoms with Crippen molar-refractivity contribution in [3.63, 3.8) is 0 Å². The molecular weight excluding hydrogens is 286 g/mol. The van der Waals surface area contributed by atoms with Crippen LogP contribution in [0.5, 0.6) is 0 Å². The molecule has 4 nitrogen and oxygen atoms in total. The van der Waals surface area contributed by atoms with Gasteiger partial charge < -0.3 is 15.4 Å². The average molecular weight is 309 g/mol. The molecule has 0 aromatic heterocycles. The highest BCUT2D eigenvalue weighted by molar-refractivity contribution is 5.86. The SMILES string of the molecule is CC1(C)COCCN1C(N)=Nc1ccccc1-c1ccccc1. The van der Waals surface area contributed by atoms with Gasteiger partial charge in [-0.15, -0.1) is 0 Å². The van der Waals surface area contributed by atoms with Gasteiger partial charge in [0.1, 0.15) is 0 Å². The Hall–Kier alpha value is -2.33. The average Bonchev–Trinajstić information content (AvgIpc) is 2.55. The largest absolute Gasteiger partial charge is 0.377 e. The van der Waals surface area contributed by atoms with E-state index in [1.54, 1.807) is 0 Å². The summed E-state index contributed by atoms with van der Waals surface area (Å²) in [6, 6.07) is 18.3. The summed E-state index contributed by atoms with van der Waals surface area (Å²) in [4.78, 5) is 6.84. The molecule has 0 radical (unpaired) electrons. The maximum absolute atomic E-state index is 6.32. The first-order valence-corrected chi connectivity index (χ1v) is 7.92. The number of nitrogens with two attached hydrogens (primary N) is 1. The number of ether oxygens (including phenoxy) is 1. The van der Waals surface area contributed by atoms with Crippen molar-refractivity contribution in [3.05, 3.63) is 54.6 Å². The molecule has 120 valence electrons. The van der Waals surface area contributed by atoms with Crippen LogP contribution in [-0.4, -0.2) is 36.2 Å². The van der Waals surface area contributed by atoms with E-state index in [0.29, 0.717) is 19.2 Å². The first-order valence-electron chi connectivity index (χ1n) is 7.92. The highest BCUT2D eigenvalue weighted by Crippen LogP contribution is 2.30. The molecule has 0 aliphatic carbocycles. The second kappa shape index (κ2) is 6.42. The van der Waals surface area contributed by atoms with Crippen LogP contribution in [0.15, 0.2) is 59.6 Å². The molecule has 1 fully saturated rings. The molecule has 2 aromatic rings. The zero-order chi connectivity index (χ0) is 16.3. The molecule has 1 saturated heterocycles. The molecule has 23 heavy (non-hydrogen) atoms. The van der Waals surface area contributed by atoms with Gasteiger partial charge in [0.2, 0.25) is 0 Å². The van der Waals surface area contributed by atoms with Gasteiger partial charge in [-0.2, -0.15) is 0 Å². The normalized spacial score (nSPS) is 18.0. The van der Waals surface area contributed by atoms with E-state index in [-0.39, 0.29) is 5.54 Å². The van der Waals surface area contributed by atoms with Crippen LogP contribution in [0.25, 0.3) is 11.1 Å². The van der Waals surface area contributed by atoms with E-state index in [2.05, 4.69) is 36.9 Å². The number of aliphatic imine (C=N–C) groups is 1. The second-order valence-electron chi connectivity index (χ2n) is 6.37. The number of nitrogens with zero attached hydrogens (tertiary/aromatic N) is 2. The monoisotopic (exact) mass is 309 g/mol. The second-order valence-corrected chi connectivity index (χ2v) is 6.37. The van der Waals surface area contributed by atoms with Gasteiger partial charge in [0.15, 0.2) is 5.96 Å². The fraction of sp³-hybridized carbons (Fsp3) is 0.316. The summed E-state index contributed by atoms with van der Waals surface area (Å²) in [5, 5.41) is 0. The molecule has 2 N–H and O–H groups in total. The minimum Gasteiger partial charge on any atom is -0.377 e. The molecule has 0 saturated carbocycles. The van der Waals surface area contributed by atoms with Crippen molar-refractivity contribution >= 4 is 11.6 Å². The van der Waals surface area contributed by atoms with Crippen LogP contribution in [0, 0.1) is 0 Å². The van der Waals surface area contributed by atoms with Gasteiger partial charge in [0.25, 0.3) is 0 Å². The minimum atomic E-state index is -0.145. The van der Waals surface area contributed by atoms with Crippen LogP contribution in [0.2, 0.25) is 0 Å². The third kappa shape index (κ3) is 3.37. The molecule has 2 aromatic carbocycles. The predicted octanol–water partition coefficient (Wildman–Crippen LogP) is 3.41. The van der Waals surface area contributed by atoms with Gasteiger partial charge >= 0.3 is 0 Å². The van der Waals surface area contributed by atoms with E-state index in [9.17, 15) is 0 Å². The van der Waals surface area contributed by atoms with Gasteiger partial charge in [-0.05, 0) is 25.5 Å². The lowest BCUT2D eigenvalue weighted by Gasteiger charge is -2.42. The van der Waals surface area contributed by atoms with E-state index < -0.39 is 0 Å². The number of hydrogen-bond donors (Lipinski definition) is 1. The van der Waals surface area contributed by atoms with Crippen LogP contribution in [0.3, 0.4) is 0 Å². The first-order chi connectivity index (χ1) is 11.1. The summed E-state index contributed by atoms with van der Waals surface area (Å²) in [6.07, 6.45) is 0. The predicted molar refractivity (Wildman–Crippen MR) is 94.8 cm³/mol.